The van der Waals surface area contributed by atoms with E-state index in [1.54, 1.807) is 31.2 Å². The van der Waals surface area contributed by atoms with Gasteiger partial charge in [-0.2, -0.15) is 0 Å². The van der Waals surface area contributed by atoms with E-state index in [2.05, 4.69) is 9.97 Å². The summed E-state index contributed by atoms with van der Waals surface area (Å²) in [6.07, 6.45) is 1.53. The maximum atomic E-state index is 13.4. The van der Waals surface area contributed by atoms with E-state index in [1.165, 1.54) is 6.20 Å². The lowest BCUT2D eigenvalue weighted by atomic mass is 10.0. The molecule has 0 fully saturated rings. The molecule has 0 spiro atoms. The molecule has 0 N–H and O–H groups in total. The molecule has 0 aliphatic carbocycles. The van der Waals surface area contributed by atoms with Gasteiger partial charge in [-0.15, -0.1) is 0 Å². The van der Waals surface area contributed by atoms with E-state index >= 15 is 0 Å². The van der Waals surface area contributed by atoms with E-state index in [4.69, 9.17) is 0 Å². The molecule has 22 heavy (non-hydrogen) atoms. The van der Waals surface area contributed by atoms with Crippen molar-refractivity contribution in [2.45, 2.75) is 13.3 Å². The Morgan fingerprint density at radius 3 is 2.68 bits per heavy atom. The molecule has 3 aromatic rings. The first-order chi connectivity index (χ1) is 10.5. The normalized spacial score (nSPS) is 10.9. The van der Waals surface area contributed by atoms with E-state index in [0.29, 0.717) is 22.2 Å². The molecule has 0 amide bonds. The Kier molecular flexibility index (Phi) is 3.63. The van der Waals surface area contributed by atoms with Gasteiger partial charge in [-0.05, 0) is 36.8 Å². The van der Waals surface area contributed by atoms with Gasteiger partial charge in [-0.3, -0.25) is 14.8 Å². The van der Waals surface area contributed by atoms with E-state index in [0.717, 1.165) is 17.8 Å². The third kappa shape index (κ3) is 2.70. The average molecular weight is 298 g/mol. The van der Waals surface area contributed by atoms with Crippen LogP contribution in [0.4, 0.5) is 8.78 Å². The van der Waals surface area contributed by atoms with Crippen molar-refractivity contribution >= 4 is 16.7 Å². The third-order valence-corrected chi connectivity index (χ3v) is 3.40. The van der Waals surface area contributed by atoms with Crippen molar-refractivity contribution in [1.29, 1.82) is 0 Å². The smallest absolute Gasteiger partial charge is 0.185 e. The first-order valence-electron chi connectivity index (χ1n) is 6.74. The topological polar surface area (TPSA) is 42.9 Å². The summed E-state index contributed by atoms with van der Waals surface area (Å²) in [6.45, 7) is 1.80. The van der Waals surface area contributed by atoms with Crippen LogP contribution in [0.25, 0.3) is 10.9 Å². The van der Waals surface area contributed by atoms with Gasteiger partial charge >= 0.3 is 0 Å². The summed E-state index contributed by atoms with van der Waals surface area (Å²) in [5.74, 6) is -2.09. The van der Waals surface area contributed by atoms with Gasteiger partial charge in [0, 0.05) is 29.8 Å². The molecular formula is C17H12F2N2O. The highest BCUT2D eigenvalue weighted by Crippen LogP contribution is 2.21. The Morgan fingerprint density at radius 2 is 1.91 bits per heavy atom. The van der Waals surface area contributed by atoms with E-state index < -0.39 is 11.6 Å². The number of carbonyl (C=O) groups excluding carboxylic acids is 1. The van der Waals surface area contributed by atoms with Crippen LogP contribution < -0.4 is 0 Å². The summed E-state index contributed by atoms with van der Waals surface area (Å²) < 4.78 is 26.7. The molecule has 0 bridgehead atoms. The second-order valence-electron chi connectivity index (χ2n) is 5.02. The van der Waals surface area contributed by atoms with E-state index in [1.807, 2.05) is 0 Å². The van der Waals surface area contributed by atoms with Crippen LogP contribution in [0.15, 0.2) is 42.6 Å². The minimum atomic E-state index is -0.956. The van der Waals surface area contributed by atoms with Crippen molar-refractivity contribution in [2.75, 3.05) is 0 Å². The van der Waals surface area contributed by atoms with Crippen LogP contribution in [0.1, 0.15) is 21.7 Å². The quantitative estimate of drug-likeness (QED) is 0.693. The van der Waals surface area contributed by atoms with Crippen LogP contribution in [-0.2, 0) is 6.42 Å². The first-order valence-corrected chi connectivity index (χ1v) is 6.74. The van der Waals surface area contributed by atoms with Gasteiger partial charge in [0.2, 0.25) is 0 Å². The Bertz CT molecular complexity index is 878. The maximum Gasteiger partial charge on any atom is 0.185 e. The molecule has 2 heterocycles. The van der Waals surface area contributed by atoms with Gasteiger partial charge in [0.05, 0.1) is 5.52 Å². The number of hydrogen-bond acceptors (Lipinski definition) is 3. The molecule has 2 aromatic heterocycles. The van der Waals surface area contributed by atoms with Crippen molar-refractivity contribution in [2.24, 2.45) is 0 Å². The number of Topliss-reactive ketones (excluding diaryl/α,β-unsaturated/α-hetero) is 1. The molecule has 1 aromatic carbocycles. The largest absolute Gasteiger partial charge is 0.292 e. The molecule has 0 unspecified atom stereocenters. The fourth-order valence-electron chi connectivity index (χ4n) is 2.31. The molecule has 0 aliphatic rings. The van der Waals surface area contributed by atoms with Gasteiger partial charge in [0.1, 0.15) is 5.69 Å². The molecule has 0 saturated heterocycles. The first kappa shape index (κ1) is 14.3. The zero-order valence-electron chi connectivity index (χ0n) is 11.8. The van der Waals surface area contributed by atoms with Crippen molar-refractivity contribution in [3.63, 3.8) is 0 Å². The number of nitrogens with zero attached hydrogens (tertiary/aromatic N) is 2. The van der Waals surface area contributed by atoms with Crippen molar-refractivity contribution < 1.29 is 13.6 Å². The lowest BCUT2D eigenvalue weighted by Crippen LogP contribution is -2.07. The summed E-state index contributed by atoms with van der Waals surface area (Å²) >= 11 is 0. The monoisotopic (exact) mass is 298 g/mol. The van der Waals surface area contributed by atoms with Crippen LogP contribution in [-0.4, -0.2) is 15.8 Å². The number of aryl methyl sites for hydroxylation is 1. The number of fused-ring (bicyclic) bond motifs is 1. The summed E-state index contributed by atoms with van der Waals surface area (Å²) in [5.41, 5.74) is 2.02. The molecule has 3 rings (SSSR count). The molecule has 5 heteroatoms. The number of pyridine rings is 2. The fourth-order valence-corrected chi connectivity index (χ4v) is 2.31. The number of aromatic nitrogens is 2. The molecule has 0 atom stereocenters. The van der Waals surface area contributed by atoms with Gasteiger partial charge < -0.3 is 0 Å². The van der Waals surface area contributed by atoms with Crippen molar-refractivity contribution in [1.82, 2.24) is 9.97 Å². The second-order valence-corrected chi connectivity index (χ2v) is 5.02. The predicted octanol–water partition coefficient (Wildman–Crippen LogP) is 3.64. The predicted molar refractivity (Wildman–Crippen MR) is 78.7 cm³/mol. The van der Waals surface area contributed by atoms with Crippen LogP contribution in [0.5, 0.6) is 0 Å². The number of rotatable bonds is 3. The summed E-state index contributed by atoms with van der Waals surface area (Å²) in [7, 11) is 0. The fraction of sp³-hybridized carbons (Fsp3) is 0.118. The minimum absolute atomic E-state index is 0.0561. The highest BCUT2D eigenvalue weighted by Gasteiger charge is 2.13. The second kappa shape index (κ2) is 5.60. The van der Waals surface area contributed by atoms with Crippen molar-refractivity contribution in [3.8, 4) is 0 Å². The van der Waals surface area contributed by atoms with E-state index in [-0.39, 0.29) is 12.2 Å². The lowest BCUT2D eigenvalue weighted by Gasteiger charge is -2.06. The molecule has 3 nitrogen and oxygen atoms in total. The number of ketones is 1. The van der Waals surface area contributed by atoms with Gasteiger partial charge in [0.15, 0.2) is 17.4 Å². The molecular weight excluding hydrogens is 286 g/mol. The highest BCUT2D eigenvalue weighted by molar-refractivity contribution is 5.98. The lowest BCUT2D eigenvalue weighted by molar-refractivity contribution is 0.0988. The summed E-state index contributed by atoms with van der Waals surface area (Å²) in [4.78, 5) is 20.5. The number of halogens is 2. The minimum Gasteiger partial charge on any atom is -0.292 e. The van der Waals surface area contributed by atoms with E-state index in [9.17, 15) is 13.6 Å². The summed E-state index contributed by atoms with van der Waals surface area (Å²) in [5, 5.41) is 0.433. The zero-order valence-corrected chi connectivity index (χ0v) is 11.8. The Morgan fingerprint density at radius 1 is 1.14 bits per heavy atom. The number of hydrogen-bond donors (Lipinski definition) is 0. The Hall–Kier alpha value is -2.69. The Balaban J connectivity index is 2.00. The molecule has 0 radical (unpaired) electrons. The standard InChI is InChI=1S/C17H12F2N2O/c1-10-3-2-4-15(21-10)17(22)7-11-5-6-20-16-9-14(19)13(18)8-12(11)16/h2-6,8-9H,7H2,1H3. The third-order valence-electron chi connectivity index (χ3n) is 3.40. The Labute approximate surface area is 125 Å². The molecule has 110 valence electrons. The molecule has 0 saturated carbocycles. The number of carbonyl (C=O) groups is 1. The van der Waals surface area contributed by atoms with Crippen LogP contribution in [0, 0.1) is 18.6 Å². The van der Waals surface area contributed by atoms with Gasteiger partial charge in [-0.1, -0.05) is 6.07 Å². The highest BCUT2D eigenvalue weighted by atomic mass is 19.2. The molecule has 0 aliphatic heterocycles. The average Bonchev–Trinajstić information content (AvgIpc) is 2.49. The van der Waals surface area contributed by atoms with Gasteiger partial charge in [-0.25, -0.2) is 8.78 Å². The van der Waals surface area contributed by atoms with Crippen molar-refractivity contribution in [3.05, 3.63) is 71.2 Å². The summed E-state index contributed by atoms with van der Waals surface area (Å²) in [6, 6.07) is 8.94. The van der Waals surface area contributed by atoms with Crippen LogP contribution in [0.3, 0.4) is 0 Å². The number of benzene rings is 1. The van der Waals surface area contributed by atoms with Crippen LogP contribution in [0.2, 0.25) is 0 Å². The van der Waals surface area contributed by atoms with Crippen LogP contribution >= 0.6 is 0 Å². The van der Waals surface area contributed by atoms with Gasteiger partial charge in [0.25, 0.3) is 0 Å². The maximum absolute atomic E-state index is 13.4. The SMILES string of the molecule is Cc1cccc(C(=O)Cc2ccnc3cc(F)c(F)cc23)n1. The zero-order chi connectivity index (χ0) is 15.7.